The van der Waals surface area contributed by atoms with Crippen molar-refractivity contribution < 1.29 is 22.7 Å². The van der Waals surface area contributed by atoms with E-state index in [1.807, 2.05) is 0 Å². The number of likely N-dealkylation sites (N-methyl/N-ethyl adjacent to an activating group) is 1. The standard InChI is InChI=1S/C14H21ClN2O5S/c1-17(10-14(18)16-7-4-8-21-2)23(19,20)13-9-11(15)5-6-12(13)22-3/h5-6,9H,4,7-8,10H2,1-3H3,(H,16,18). The lowest BCUT2D eigenvalue weighted by Crippen LogP contribution is -2.38. The van der Waals surface area contributed by atoms with Crippen LogP contribution in [0.15, 0.2) is 23.1 Å². The third-order valence-corrected chi connectivity index (χ3v) is 5.09. The molecule has 0 spiro atoms. The van der Waals surface area contributed by atoms with Gasteiger partial charge in [-0.3, -0.25) is 4.79 Å². The molecule has 0 saturated heterocycles. The fraction of sp³-hybridized carbons (Fsp3) is 0.500. The largest absolute Gasteiger partial charge is 0.495 e. The van der Waals surface area contributed by atoms with Crippen molar-refractivity contribution in [1.29, 1.82) is 0 Å². The van der Waals surface area contributed by atoms with Crippen LogP contribution in [0.3, 0.4) is 0 Å². The normalized spacial score (nSPS) is 11.5. The lowest BCUT2D eigenvalue weighted by molar-refractivity contribution is -0.121. The molecule has 1 N–H and O–H groups in total. The summed E-state index contributed by atoms with van der Waals surface area (Å²) in [5, 5.41) is 2.90. The van der Waals surface area contributed by atoms with E-state index in [1.54, 1.807) is 7.11 Å². The first kappa shape index (κ1) is 19.7. The monoisotopic (exact) mass is 364 g/mol. The van der Waals surface area contributed by atoms with Gasteiger partial charge in [0.15, 0.2) is 0 Å². The number of ether oxygens (including phenoxy) is 2. The first-order chi connectivity index (χ1) is 10.8. The van der Waals surface area contributed by atoms with E-state index in [0.717, 1.165) is 4.31 Å². The number of carbonyl (C=O) groups is 1. The van der Waals surface area contributed by atoms with E-state index in [9.17, 15) is 13.2 Å². The number of nitrogens with zero attached hydrogens (tertiary/aromatic N) is 1. The highest BCUT2D eigenvalue weighted by molar-refractivity contribution is 7.89. The molecular formula is C14H21ClN2O5S. The Bertz CT molecular complexity index is 636. The zero-order valence-electron chi connectivity index (χ0n) is 13.3. The second-order valence-corrected chi connectivity index (χ2v) is 7.20. The van der Waals surface area contributed by atoms with E-state index in [0.29, 0.717) is 19.6 Å². The summed E-state index contributed by atoms with van der Waals surface area (Å²) in [4.78, 5) is 11.7. The van der Waals surface area contributed by atoms with Gasteiger partial charge in [0.25, 0.3) is 0 Å². The summed E-state index contributed by atoms with van der Waals surface area (Å²) in [6.07, 6.45) is 0.654. The first-order valence-corrected chi connectivity index (χ1v) is 8.70. The lowest BCUT2D eigenvalue weighted by Gasteiger charge is -2.18. The van der Waals surface area contributed by atoms with Crippen molar-refractivity contribution in [1.82, 2.24) is 9.62 Å². The number of carbonyl (C=O) groups excluding carboxylic acids is 1. The van der Waals surface area contributed by atoms with Crippen LogP contribution < -0.4 is 10.1 Å². The maximum Gasteiger partial charge on any atom is 0.247 e. The van der Waals surface area contributed by atoms with Crippen molar-refractivity contribution in [3.8, 4) is 5.75 Å². The Hall–Kier alpha value is -1.35. The van der Waals surface area contributed by atoms with Crippen LogP contribution >= 0.6 is 11.6 Å². The molecule has 1 amide bonds. The zero-order chi connectivity index (χ0) is 17.5. The molecule has 0 bridgehead atoms. The number of rotatable bonds is 9. The van der Waals surface area contributed by atoms with Gasteiger partial charge in [-0.2, -0.15) is 4.31 Å². The molecule has 0 fully saturated rings. The Morgan fingerprint density at radius 3 is 2.65 bits per heavy atom. The van der Waals surface area contributed by atoms with Gasteiger partial charge in [-0.1, -0.05) is 11.6 Å². The Labute approximate surface area is 141 Å². The van der Waals surface area contributed by atoms with Crippen LogP contribution in [0.4, 0.5) is 0 Å². The van der Waals surface area contributed by atoms with Crippen LogP contribution in [0.2, 0.25) is 5.02 Å². The van der Waals surface area contributed by atoms with Gasteiger partial charge in [0.1, 0.15) is 10.6 Å². The molecule has 7 nitrogen and oxygen atoms in total. The van der Waals surface area contributed by atoms with E-state index in [4.69, 9.17) is 21.1 Å². The molecule has 1 rings (SSSR count). The van der Waals surface area contributed by atoms with Gasteiger partial charge in [0.2, 0.25) is 15.9 Å². The molecule has 130 valence electrons. The van der Waals surface area contributed by atoms with Gasteiger partial charge in [0, 0.05) is 32.3 Å². The third-order valence-electron chi connectivity index (χ3n) is 3.03. The van der Waals surface area contributed by atoms with Crippen molar-refractivity contribution >= 4 is 27.5 Å². The summed E-state index contributed by atoms with van der Waals surface area (Å²) in [5.74, 6) is -0.227. The van der Waals surface area contributed by atoms with Crippen molar-refractivity contribution in [3.63, 3.8) is 0 Å². The molecule has 0 aliphatic rings. The minimum absolute atomic E-state index is 0.0813. The number of nitrogens with one attached hydrogen (secondary N) is 1. The topological polar surface area (TPSA) is 84.9 Å². The minimum Gasteiger partial charge on any atom is -0.495 e. The predicted molar refractivity (Wildman–Crippen MR) is 87.3 cm³/mol. The number of methoxy groups -OCH3 is 2. The van der Waals surface area contributed by atoms with E-state index < -0.39 is 15.9 Å². The van der Waals surface area contributed by atoms with Crippen molar-refractivity contribution in [2.45, 2.75) is 11.3 Å². The number of hydrogen-bond donors (Lipinski definition) is 1. The smallest absolute Gasteiger partial charge is 0.247 e. The fourth-order valence-electron chi connectivity index (χ4n) is 1.81. The molecular weight excluding hydrogens is 344 g/mol. The molecule has 1 aromatic carbocycles. The van der Waals surface area contributed by atoms with Crippen LogP contribution in [0.1, 0.15) is 6.42 Å². The molecule has 0 aliphatic heterocycles. The fourth-order valence-corrected chi connectivity index (χ4v) is 3.35. The third kappa shape index (κ3) is 5.65. The van der Waals surface area contributed by atoms with E-state index >= 15 is 0 Å². The van der Waals surface area contributed by atoms with Crippen LogP contribution in [-0.2, 0) is 19.6 Å². The summed E-state index contributed by atoms with van der Waals surface area (Å²) >= 11 is 5.86. The van der Waals surface area contributed by atoms with Crippen molar-refractivity contribution in [3.05, 3.63) is 23.2 Å². The maximum atomic E-state index is 12.6. The number of sulfonamides is 1. The predicted octanol–water partition coefficient (Wildman–Crippen LogP) is 1.12. The van der Waals surface area contributed by atoms with Crippen molar-refractivity contribution in [2.24, 2.45) is 0 Å². The number of amides is 1. The van der Waals surface area contributed by atoms with E-state index in [2.05, 4.69) is 5.32 Å². The SMILES string of the molecule is COCCCNC(=O)CN(C)S(=O)(=O)c1cc(Cl)ccc1OC. The summed E-state index contributed by atoms with van der Waals surface area (Å²) in [7, 11) is 0.363. The number of halogens is 1. The molecule has 0 saturated carbocycles. The molecule has 0 heterocycles. The van der Waals surface area contributed by atoms with E-state index in [1.165, 1.54) is 32.4 Å². The average Bonchev–Trinajstić information content (AvgIpc) is 2.51. The Morgan fingerprint density at radius 1 is 1.35 bits per heavy atom. The lowest BCUT2D eigenvalue weighted by atomic mass is 10.3. The number of benzene rings is 1. The molecule has 0 atom stereocenters. The van der Waals surface area contributed by atoms with Gasteiger partial charge in [-0.25, -0.2) is 8.42 Å². The highest BCUT2D eigenvalue weighted by Crippen LogP contribution is 2.28. The Kier molecular flexibility index (Phi) is 7.77. The van der Waals surface area contributed by atoms with Crippen LogP contribution in [0.25, 0.3) is 0 Å². The average molecular weight is 365 g/mol. The van der Waals surface area contributed by atoms with Crippen molar-refractivity contribution in [2.75, 3.05) is 41.0 Å². The van der Waals surface area contributed by atoms with E-state index in [-0.39, 0.29) is 22.2 Å². The quantitative estimate of drug-likeness (QED) is 0.664. The van der Waals surface area contributed by atoms with Gasteiger partial charge < -0.3 is 14.8 Å². The summed E-state index contributed by atoms with van der Waals surface area (Å²) < 4.78 is 36.0. The van der Waals surface area contributed by atoms with Gasteiger partial charge in [0.05, 0.1) is 13.7 Å². The molecule has 0 unspecified atom stereocenters. The first-order valence-electron chi connectivity index (χ1n) is 6.88. The summed E-state index contributed by atoms with van der Waals surface area (Å²) in [6, 6.07) is 4.29. The molecule has 9 heteroatoms. The molecule has 0 aromatic heterocycles. The highest BCUT2D eigenvalue weighted by atomic mass is 35.5. The zero-order valence-corrected chi connectivity index (χ0v) is 14.9. The van der Waals surface area contributed by atoms with Gasteiger partial charge >= 0.3 is 0 Å². The second kappa shape index (κ2) is 9.07. The van der Waals surface area contributed by atoms with Gasteiger partial charge in [-0.15, -0.1) is 0 Å². The Morgan fingerprint density at radius 2 is 2.04 bits per heavy atom. The summed E-state index contributed by atoms with van der Waals surface area (Å²) in [5.41, 5.74) is 0. The van der Waals surface area contributed by atoms with Gasteiger partial charge in [-0.05, 0) is 24.6 Å². The number of hydrogen-bond acceptors (Lipinski definition) is 5. The minimum atomic E-state index is -3.90. The van der Waals surface area contributed by atoms with Crippen LogP contribution in [0.5, 0.6) is 5.75 Å². The summed E-state index contributed by atoms with van der Waals surface area (Å²) in [6.45, 7) is 0.639. The molecule has 0 aliphatic carbocycles. The molecule has 1 aromatic rings. The van der Waals surface area contributed by atoms with Crippen LogP contribution in [-0.4, -0.2) is 59.6 Å². The molecule has 0 radical (unpaired) electrons. The second-order valence-electron chi connectivity index (χ2n) is 4.75. The maximum absolute atomic E-state index is 12.6. The Balaban J connectivity index is 2.80. The highest BCUT2D eigenvalue weighted by Gasteiger charge is 2.26. The molecule has 23 heavy (non-hydrogen) atoms. The van der Waals surface area contributed by atoms with Crippen LogP contribution in [0, 0.1) is 0 Å².